The van der Waals surface area contributed by atoms with E-state index in [1.54, 1.807) is 11.8 Å². The summed E-state index contributed by atoms with van der Waals surface area (Å²) < 4.78 is 44.0. The first-order valence-corrected chi connectivity index (χ1v) is 12.0. The van der Waals surface area contributed by atoms with Crippen LogP contribution >= 0.6 is 12.4 Å². The van der Waals surface area contributed by atoms with Crippen molar-refractivity contribution in [2.45, 2.75) is 38.8 Å². The van der Waals surface area contributed by atoms with Crippen molar-refractivity contribution in [3.8, 4) is 0 Å². The SMILES string of the molecule is CCOC(=O)CNC(=O)N(CC1CC1)CC1CCN(c2nccc3nc(C(F)(F)F)ccc23)CC1.Cl. The third-order valence-corrected chi connectivity index (χ3v) is 6.43. The zero-order chi connectivity index (χ0) is 25.0. The number of ether oxygens (including phenoxy) is 1. The number of nitrogens with one attached hydrogen (secondary N) is 1. The van der Waals surface area contributed by atoms with Gasteiger partial charge in [0.15, 0.2) is 0 Å². The van der Waals surface area contributed by atoms with Gasteiger partial charge in [-0.05, 0) is 62.6 Å². The number of pyridine rings is 2. The first kappa shape index (κ1) is 27.8. The highest BCUT2D eigenvalue weighted by Crippen LogP contribution is 2.33. The molecule has 1 aliphatic carbocycles. The van der Waals surface area contributed by atoms with Gasteiger partial charge in [-0.15, -0.1) is 12.4 Å². The number of esters is 1. The van der Waals surface area contributed by atoms with Gasteiger partial charge in [0.05, 0.1) is 12.1 Å². The number of alkyl halides is 3. The van der Waals surface area contributed by atoms with E-state index in [-0.39, 0.29) is 43.0 Å². The highest BCUT2D eigenvalue weighted by molar-refractivity contribution is 5.89. The lowest BCUT2D eigenvalue weighted by atomic mass is 9.96. The molecule has 0 spiro atoms. The van der Waals surface area contributed by atoms with E-state index in [9.17, 15) is 22.8 Å². The number of anilines is 1. The lowest BCUT2D eigenvalue weighted by Gasteiger charge is -2.36. The molecule has 2 fully saturated rings. The minimum Gasteiger partial charge on any atom is -0.465 e. The van der Waals surface area contributed by atoms with Crippen molar-refractivity contribution in [1.29, 1.82) is 0 Å². The van der Waals surface area contributed by atoms with Gasteiger partial charge in [0.25, 0.3) is 0 Å². The summed E-state index contributed by atoms with van der Waals surface area (Å²) in [5.41, 5.74) is -0.654. The molecule has 2 amide bonds. The molecule has 1 saturated carbocycles. The Kier molecular flexibility index (Phi) is 9.21. The number of rotatable bonds is 8. The van der Waals surface area contributed by atoms with Gasteiger partial charge in [0, 0.05) is 37.8 Å². The standard InChI is InChI=1S/C24H30F3N5O3.ClH/c1-2-35-21(33)13-29-23(34)32(14-16-3-4-16)15-17-8-11-31(12-9-17)22-18-5-6-20(24(25,26)27)30-19(18)7-10-28-22;/h5-7,10,16-17H,2-4,8-9,11-15H2,1H3,(H,29,34);1H. The van der Waals surface area contributed by atoms with Crippen molar-refractivity contribution < 1.29 is 27.5 Å². The normalized spacial score (nSPS) is 16.4. The average Bonchev–Trinajstić information content (AvgIpc) is 3.66. The number of hydrogen-bond acceptors (Lipinski definition) is 6. The van der Waals surface area contributed by atoms with Crippen LogP contribution in [0.4, 0.5) is 23.8 Å². The minimum absolute atomic E-state index is 0. The van der Waals surface area contributed by atoms with Gasteiger partial charge in [-0.2, -0.15) is 13.2 Å². The lowest BCUT2D eigenvalue weighted by molar-refractivity contribution is -0.142. The number of aromatic nitrogens is 2. The number of hydrogen-bond donors (Lipinski definition) is 1. The molecule has 4 rings (SSSR count). The van der Waals surface area contributed by atoms with Crippen LogP contribution in [-0.4, -0.2) is 66.2 Å². The minimum atomic E-state index is -4.50. The van der Waals surface area contributed by atoms with Gasteiger partial charge >= 0.3 is 18.2 Å². The Hall–Kier alpha value is -2.82. The van der Waals surface area contributed by atoms with Gasteiger partial charge in [-0.1, -0.05) is 0 Å². The Morgan fingerprint density at radius 3 is 2.39 bits per heavy atom. The van der Waals surface area contributed by atoms with E-state index in [1.165, 1.54) is 18.3 Å². The fourth-order valence-corrected chi connectivity index (χ4v) is 4.41. The molecule has 36 heavy (non-hydrogen) atoms. The van der Waals surface area contributed by atoms with Gasteiger partial charge in [0.1, 0.15) is 18.1 Å². The van der Waals surface area contributed by atoms with Crippen LogP contribution in [0, 0.1) is 11.8 Å². The second kappa shape index (κ2) is 11.9. The summed E-state index contributed by atoms with van der Waals surface area (Å²) in [5, 5.41) is 3.26. The third kappa shape index (κ3) is 7.11. The molecule has 2 aromatic rings. The van der Waals surface area contributed by atoms with Crippen molar-refractivity contribution in [2.75, 3.05) is 44.2 Å². The van der Waals surface area contributed by atoms with E-state index >= 15 is 0 Å². The topological polar surface area (TPSA) is 87.7 Å². The first-order valence-electron chi connectivity index (χ1n) is 12.0. The number of halogens is 4. The molecule has 0 aromatic carbocycles. The van der Waals surface area contributed by atoms with Gasteiger partial charge in [-0.25, -0.2) is 14.8 Å². The molecular formula is C24H31ClF3N5O3. The van der Waals surface area contributed by atoms with Crippen LogP contribution in [0.25, 0.3) is 10.9 Å². The van der Waals surface area contributed by atoms with Crippen LogP contribution in [0.5, 0.6) is 0 Å². The van der Waals surface area contributed by atoms with Crippen LogP contribution in [0.1, 0.15) is 38.3 Å². The Morgan fingerprint density at radius 1 is 1.11 bits per heavy atom. The second-order valence-electron chi connectivity index (χ2n) is 9.14. The molecule has 0 unspecified atom stereocenters. The summed E-state index contributed by atoms with van der Waals surface area (Å²) in [7, 11) is 0. The molecule has 0 bridgehead atoms. The number of carbonyl (C=O) groups excluding carboxylic acids is 2. The number of amides is 2. The lowest BCUT2D eigenvalue weighted by Crippen LogP contribution is -2.47. The third-order valence-electron chi connectivity index (χ3n) is 6.43. The number of urea groups is 1. The molecule has 2 aliphatic rings. The van der Waals surface area contributed by atoms with Crippen LogP contribution in [-0.2, 0) is 15.7 Å². The van der Waals surface area contributed by atoms with Crippen LogP contribution in [0.2, 0.25) is 0 Å². The van der Waals surface area contributed by atoms with E-state index in [0.29, 0.717) is 43.3 Å². The summed E-state index contributed by atoms with van der Waals surface area (Å²) in [6, 6.07) is 3.66. The number of piperidine rings is 1. The maximum absolute atomic E-state index is 13.0. The summed E-state index contributed by atoms with van der Waals surface area (Å²) in [4.78, 5) is 36.4. The molecule has 1 aliphatic heterocycles. The predicted molar refractivity (Wildman–Crippen MR) is 131 cm³/mol. The molecular weight excluding hydrogens is 499 g/mol. The fourth-order valence-electron chi connectivity index (χ4n) is 4.41. The monoisotopic (exact) mass is 529 g/mol. The molecule has 3 heterocycles. The maximum atomic E-state index is 13.0. The molecule has 0 atom stereocenters. The average molecular weight is 530 g/mol. The van der Waals surface area contributed by atoms with E-state index in [2.05, 4.69) is 20.2 Å². The molecule has 198 valence electrons. The number of carbonyl (C=O) groups is 2. The second-order valence-corrected chi connectivity index (χ2v) is 9.14. The summed E-state index contributed by atoms with van der Waals surface area (Å²) >= 11 is 0. The Bertz CT molecular complexity index is 1060. The van der Waals surface area contributed by atoms with Gasteiger partial charge in [-0.3, -0.25) is 4.79 Å². The molecule has 12 heteroatoms. The van der Waals surface area contributed by atoms with E-state index in [0.717, 1.165) is 31.7 Å². The van der Waals surface area contributed by atoms with Crippen molar-refractivity contribution in [3.63, 3.8) is 0 Å². The molecule has 1 N–H and O–H groups in total. The summed E-state index contributed by atoms with van der Waals surface area (Å²) in [6.07, 6.45) is 0.845. The van der Waals surface area contributed by atoms with Crippen molar-refractivity contribution in [1.82, 2.24) is 20.2 Å². The van der Waals surface area contributed by atoms with E-state index in [4.69, 9.17) is 4.74 Å². The van der Waals surface area contributed by atoms with Gasteiger partial charge in [0.2, 0.25) is 0 Å². The zero-order valence-corrected chi connectivity index (χ0v) is 20.9. The van der Waals surface area contributed by atoms with Crippen LogP contribution < -0.4 is 10.2 Å². The van der Waals surface area contributed by atoms with Crippen LogP contribution in [0.15, 0.2) is 24.4 Å². The first-order chi connectivity index (χ1) is 16.7. The highest BCUT2D eigenvalue weighted by atomic mass is 35.5. The smallest absolute Gasteiger partial charge is 0.433 e. The Morgan fingerprint density at radius 2 is 1.78 bits per heavy atom. The number of nitrogens with zero attached hydrogens (tertiary/aromatic N) is 4. The van der Waals surface area contributed by atoms with E-state index in [1.807, 2.05) is 0 Å². The molecule has 2 aromatic heterocycles. The zero-order valence-electron chi connectivity index (χ0n) is 20.1. The predicted octanol–water partition coefficient (Wildman–Crippen LogP) is 4.27. The van der Waals surface area contributed by atoms with Crippen molar-refractivity contribution in [3.05, 3.63) is 30.1 Å². The van der Waals surface area contributed by atoms with Gasteiger partial charge < -0.3 is 19.9 Å². The summed E-state index contributed by atoms with van der Waals surface area (Å²) in [6.45, 7) is 4.47. The molecule has 8 nitrogen and oxygen atoms in total. The fraction of sp³-hybridized carbons (Fsp3) is 0.583. The summed E-state index contributed by atoms with van der Waals surface area (Å²) in [5.74, 6) is 0.963. The molecule has 1 saturated heterocycles. The maximum Gasteiger partial charge on any atom is 0.433 e. The van der Waals surface area contributed by atoms with Crippen molar-refractivity contribution in [2.24, 2.45) is 11.8 Å². The Labute approximate surface area is 214 Å². The Balaban J connectivity index is 0.00000361. The van der Waals surface area contributed by atoms with E-state index < -0.39 is 17.8 Å². The quantitative estimate of drug-likeness (QED) is 0.514. The molecule has 0 radical (unpaired) electrons. The van der Waals surface area contributed by atoms with Crippen molar-refractivity contribution >= 4 is 41.1 Å². The number of fused-ring (bicyclic) bond motifs is 1. The largest absolute Gasteiger partial charge is 0.465 e. The van der Waals surface area contributed by atoms with Crippen LogP contribution in [0.3, 0.4) is 0 Å². The highest BCUT2D eigenvalue weighted by Gasteiger charge is 2.33.